The molecule has 7 N–H and O–H groups in total. The lowest BCUT2D eigenvalue weighted by Gasteiger charge is -2.47. The minimum absolute atomic E-state index is 0. The SMILES string of the molecule is C.CC(=O)CC1CC(CCNC(C)(C)C)OC(C)(C)O1.CC(C)(C)NCCC(O)CC(O)CC(=O)O.CCC(Cc1ccccc1)C(O)CN1CC2CCCCC2CC1C(=O)NC(C)(C)C. The number of β-amino-alcohol motifs (C(OH)–C–C–N with tert-alkyl or cyclic N) is 1. The van der Waals surface area contributed by atoms with E-state index in [-0.39, 0.29) is 72.7 Å². The van der Waals surface area contributed by atoms with Crippen molar-refractivity contribution in [1.29, 1.82) is 0 Å². The van der Waals surface area contributed by atoms with Gasteiger partial charge in [0.25, 0.3) is 0 Å². The first-order valence-electron chi connectivity index (χ1n) is 24.8. The summed E-state index contributed by atoms with van der Waals surface area (Å²) in [5.41, 5.74) is 1.17. The Bertz CT molecular complexity index is 1520. The number of hydrogen-bond donors (Lipinski definition) is 7. The molecule has 2 saturated heterocycles. The maximum atomic E-state index is 13.2. The van der Waals surface area contributed by atoms with E-state index >= 15 is 0 Å². The molecular formula is C53H98N4O9. The van der Waals surface area contributed by atoms with E-state index in [1.54, 1.807) is 6.92 Å². The van der Waals surface area contributed by atoms with Crippen LogP contribution in [0, 0.1) is 17.8 Å². The Balaban J connectivity index is 0.000000526. The van der Waals surface area contributed by atoms with Crippen LogP contribution in [0.3, 0.4) is 0 Å². The molecule has 1 aromatic rings. The van der Waals surface area contributed by atoms with Crippen LogP contribution in [0.15, 0.2) is 30.3 Å². The van der Waals surface area contributed by atoms with Gasteiger partial charge in [-0.15, -0.1) is 0 Å². The number of likely N-dealkylation sites (tertiary alicyclic amines) is 1. The van der Waals surface area contributed by atoms with Gasteiger partial charge in [-0.05, 0) is 158 Å². The van der Waals surface area contributed by atoms with E-state index in [0.717, 1.165) is 45.2 Å². The van der Waals surface area contributed by atoms with Crippen molar-refractivity contribution < 1.29 is 44.3 Å². The lowest BCUT2D eigenvalue weighted by molar-refractivity contribution is -0.299. The zero-order valence-corrected chi connectivity index (χ0v) is 42.9. The molecule has 13 heteroatoms. The fourth-order valence-corrected chi connectivity index (χ4v) is 9.27. The highest BCUT2D eigenvalue weighted by Crippen LogP contribution is 2.39. The van der Waals surface area contributed by atoms with Crippen molar-refractivity contribution in [3.8, 4) is 0 Å². The molecule has 1 aliphatic carbocycles. The topological polar surface area (TPSA) is 190 Å². The minimum atomic E-state index is -1.05. The number of piperidine rings is 1. The summed E-state index contributed by atoms with van der Waals surface area (Å²) >= 11 is 0. The summed E-state index contributed by atoms with van der Waals surface area (Å²) in [4.78, 5) is 37.0. The number of carbonyl (C=O) groups is 3. The monoisotopic (exact) mass is 935 g/mol. The zero-order valence-electron chi connectivity index (χ0n) is 42.9. The fourth-order valence-electron chi connectivity index (χ4n) is 9.27. The second-order valence-electron chi connectivity index (χ2n) is 22.8. The first-order valence-corrected chi connectivity index (χ1v) is 24.8. The highest BCUT2D eigenvalue weighted by molar-refractivity contribution is 5.82. The van der Waals surface area contributed by atoms with Gasteiger partial charge in [-0.2, -0.15) is 0 Å². The summed E-state index contributed by atoms with van der Waals surface area (Å²) in [5.74, 6) is 0.220. The Morgan fingerprint density at radius 2 is 1.39 bits per heavy atom. The molecule has 66 heavy (non-hydrogen) atoms. The van der Waals surface area contributed by atoms with E-state index in [2.05, 4.69) is 72.8 Å². The number of aliphatic hydroxyl groups excluding tert-OH is 3. The average Bonchev–Trinajstić information content (AvgIpc) is 3.14. The molecule has 0 aromatic heterocycles. The highest BCUT2D eigenvalue weighted by Gasteiger charge is 2.42. The number of fused-ring (bicyclic) bond motifs is 1. The van der Waals surface area contributed by atoms with Gasteiger partial charge in [-0.1, -0.05) is 70.4 Å². The first-order chi connectivity index (χ1) is 30.0. The third-order valence-electron chi connectivity index (χ3n) is 12.3. The second-order valence-corrected chi connectivity index (χ2v) is 22.8. The number of amides is 1. The van der Waals surface area contributed by atoms with Gasteiger partial charge in [0.15, 0.2) is 5.79 Å². The molecule has 0 spiro atoms. The first kappa shape index (κ1) is 61.5. The third-order valence-corrected chi connectivity index (χ3v) is 12.3. The van der Waals surface area contributed by atoms with Crippen molar-refractivity contribution in [2.45, 2.75) is 240 Å². The molecule has 0 bridgehead atoms. The van der Waals surface area contributed by atoms with Crippen LogP contribution in [0.2, 0.25) is 0 Å². The molecule has 3 fully saturated rings. The molecule has 9 unspecified atom stereocenters. The second kappa shape index (κ2) is 28.9. The van der Waals surface area contributed by atoms with Crippen molar-refractivity contribution >= 4 is 17.7 Å². The number of nitrogens with zero attached hydrogens (tertiary/aromatic N) is 1. The Morgan fingerprint density at radius 1 is 0.818 bits per heavy atom. The van der Waals surface area contributed by atoms with Crippen molar-refractivity contribution in [1.82, 2.24) is 20.9 Å². The van der Waals surface area contributed by atoms with Crippen LogP contribution in [0.25, 0.3) is 0 Å². The van der Waals surface area contributed by atoms with E-state index < -0.39 is 30.1 Å². The third kappa shape index (κ3) is 26.9. The van der Waals surface area contributed by atoms with Gasteiger partial charge >= 0.3 is 5.97 Å². The van der Waals surface area contributed by atoms with Crippen LogP contribution in [0.1, 0.15) is 180 Å². The number of Topliss-reactive ketones (excluding diaryl/α,β-unsaturated/α-hetero) is 1. The van der Waals surface area contributed by atoms with Crippen molar-refractivity contribution in [2.24, 2.45) is 17.8 Å². The number of aliphatic carboxylic acids is 1. The number of rotatable bonds is 19. The normalized spacial score (nSPS) is 24.0. The molecule has 0 radical (unpaired) electrons. The van der Waals surface area contributed by atoms with Gasteiger partial charge in [0.05, 0.1) is 43.0 Å². The Morgan fingerprint density at radius 3 is 1.94 bits per heavy atom. The number of nitrogens with one attached hydrogen (secondary N) is 3. The zero-order chi connectivity index (χ0) is 49.2. The number of carboxylic acids is 1. The molecular weight excluding hydrogens is 837 g/mol. The lowest BCUT2D eigenvalue weighted by Crippen LogP contribution is -2.59. The Hall–Kier alpha value is -2.49. The molecule has 1 aromatic carbocycles. The number of hydrogen-bond acceptors (Lipinski definition) is 11. The number of ketones is 1. The van der Waals surface area contributed by atoms with Crippen molar-refractivity contribution in [3.63, 3.8) is 0 Å². The summed E-state index contributed by atoms with van der Waals surface area (Å²) in [6, 6.07) is 10.3. The van der Waals surface area contributed by atoms with E-state index in [1.165, 1.54) is 31.2 Å². The molecule has 13 nitrogen and oxygen atoms in total. The van der Waals surface area contributed by atoms with Gasteiger partial charge in [0.1, 0.15) is 5.78 Å². The van der Waals surface area contributed by atoms with Crippen LogP contribution in [0.4, 0.5) is 0 Å². The van der Waals surface area contributed by atoms with Crippen LogP contribution in [-0.2, 0) is 30.3 Å². The molecule has 2 heterocycles. The largest absolute Gasteiger partial charge is 0.481 e. The predicted octanol–water partition coefficient (Wildman–Crippen LogP) is 8.05. The van der Waals surface area contributed by atoms with Crippen molar-refractivity contribution in [3.05, 3.63) is 35.9 Å². The number of benzene rings is 1. The summed E-state index contributed by atoms with van der Waals surface area (Å²) in [6.45, 7) is 29.4. The van der Waals surface area contributed by atoms with Crippen LogP contribution in [0.5, 0.6) is 0 Å². The van der Waals surface area contributed by atoms with E-state index in [4.69, 9.17) is 14.6 Å². The molecule has 9 atom stereocenters. The molecule has 1 saturated carbocycles. The number of aliphatic hydroxyl groups is 3. The molecule has 384 valence electrons. The number of carboxylic acid groups (broad SMARTS) is 1. The van der Waals surface area contributed by atoms with Gasteiger partial charge in [-0.25, -0.2) is 0 Å². The van der Waals surface area contributed by atoms with Gasteiger partial charge in [0.2, 0.25) is 5.91 Å². The maximum Gasteiger partial charge on any atom is 0.305 e. The fraction of sp³-hybridized carbons (Fsp3) is 0.830. The Labute approximate surface area is 401 Å². The molecule has 3 aliphatic rings. The summed E-state index contributed by atoms with van der Waals surface area (Å²) < 4.78 is 11.7. The van der Waals surface area contributed by atoms with E-state index in [9.17, 15) is 29.7 Å². The number of carbonyl (C=O) groups excluding carboxylic acids is 2. The van der Waals surface area contributed by atoms with E-state index in [1.807, 2.05) is 61.5 Å². The predicted molar refractivity (Wildman–Crippen MR) is 267 cm³/mol. The summed E-state index contributed by atoms with van der Waals surface area (Å²) in [5, 5.41) is 48.3. The van der Waals surface area contributed by atoms with Gasteiger partial charge < -0.3 is 45.9 Å². The Kier molecular flexibility index (Phi) is 26.9. The van der Waals surface area contributed by atoms with Gasteiger partial charge in [0, 0.05) is 42.5 Å². The smallest absolute Gasteiger partial charge is 0.305 e. The lowest BCUT2D eigenvalue weighted by atomic mass is 9.72. The molecule has 2 aliphatic heterocycles. The van der Waals surface area contributed by atoms with Crippen LogP contribution < -0.4 is 16.0 Å². The quantitative estimate of drug-likeness (QED) is 0.0708. The minimum Gasteiger partial charge on any atom is -0.481 e. The molecule has 4 rings (SSSR count). The maximum absolute atomic E-state index is 13.2. The summed E-state index contributed by atoms with van der Waals surface area (Å²) in [7, 11) is 0. The standard InChI is InChI=1S/C26H42N2O2.C15H29NO3.C11H23NO4.CH4/c1-5-20(15-19-11-7-6-8-12-19)24(29)18-28-17-22-14-10-9-13-21(22)16-23(28)25(30)27-26(2,3)4;1-11(17)9-13-10-12(18-15(5,6)19-13)7-8-16-14(2,3)4;1-11(2,3)12-5-4-8(13)6-9(14)7-10(15)16;/h6-8,11-12,20-24,29H,5,9-10,13-18H2,1-4H3,(H,27,30);12-13,16H,7-10H2,1-6H3;8-9,12-14H,4-7H2,1-3H3,(H,15,16);1H4. The van der Waals surface area contributed by atoms with Gasteiger partial charge in [-0.3, -0.25) is 19.3 Å². The number of ether oxygens (including phenoxy) is 2. The van der Waals surface area contributed by atoms with Crippen LogP contribution >= 0.6 is 0 Å². The highest BCUT2D eigenvalue weighted by atomic mass is 16.7. The molecule has 1 amide bonds. The van der Waals surface area contributed by atoms with E-state index in [0.29, 0.717) is 37.8 Å². The summed E-state index contributed by atoms with van der Waals surface area (Å²) in [6.07, 6.45) is 8.52. The average molecular weight is 935 g/mol. The van der Waals surface area contributed by atoms with Crippen molar-refractivity contribution in [2.75, 3.05) is 26.2 Å². The van der Waals surface area contributed by atoms with Crippen LogP contribution in [-0.4, -0.2) is 128 Å².